The molecule has 198 valence electrons. The van der Waals surface area contributed by atoms with Gasteiger partial charge in [-0.1, -0.05) is 30.3 Å². The average molecular weight is 514 g/mol. The Balaban J connectivity index is 1.61. The van der Waals surface area contributed by atoms with Crippen LogP contribution in [0.15, 0.2) is 72.9 Å². The highest BCUT2D eigenvalue weighted by Gasteiger charge is 2.36. The summed E-state index contributed by atoms with van der Waals surface area (Å²) in [6, 6.07) is 21.8. The van der Waals surface area contributed by atoms with Crippen LogP contribution in [0.3, 0.4) is 0 Å². The first-order valence-electron chi connectivity index (χ1n) is 13.3. The van der Waals surface area contributed by atoms with Crippen molar-refractivity contribution in [2.24, 2.45) is 0 Å². The number of hydrogen-bond acceptors (Lipinski definition) is 4. The zero-order valence-corrected chi connectivity index (χ0v) is 22.3. The van der Waals surface area contributed by atoms with Crippen LogP contribution in [-0.4, -0.2) is 51.6 Å². The van der Waals surface area contributed by atoms with Crippen LogP contribution < -0.4 is 10.1 Å². The van der Waals surface area contributed by atoms with Gasteiger partial charge >= 0.3 is 6.03 Å². The molecule has 0 bridgehead atoms. The van der Waals surface area contributed by atoms with Crippen molar-refractivity contribution >= 4 is 6.03 Å². The number of nitrogens with one attached hydrogen (secondary N) is 1. The molecule has 2 aromatic heterocycles. The number of benzene rings is 2. The minimum Gasteiger partial charge on any atom is -0.494 e. The van der Waals surface area contributed by atoms with E-state index in [1.165, 1.54) is 0 Å². The van der Waals surface area contributed by atoms with Gasteiger partial charge in [0.25, 0.3) is 0 Å². The van der Waals surface area contributed by atoms with E-state index in [1.807, 2.05) is 85.0 Å². The zero-order valence-electron chi connectivity index (χ0n) is 22.3. The topological polar surface area (TPSA) is 73.5 Å². The molecule has 0 saturated heterocycles. The van der Waals surface area contributed by atoms with Crippen molar-refractivity contribution in [3.05, 3.63) is 95.4 Å². The van der Waals surface area contributed by atoms with Crippen LogP contribution in [0.25, 0.3) is 11.5 Å². The van der Waals surface area contributed by atoms with Crippen LogP contribution in [0.5, 0.6) is 5.75 Å². The third-order valence-electron chi connectivity index (χ3n) is 6.78. The quantitative estimate of drug-likeness (QED) is 0.304. The number of rotatable bonds is 9. The molecule has 0 saturated carbocycles. The second-order valence-electron chi connectivity index (χ2n) is 9.26. The van der Waals surface area contributed by atoms with Crippen molar-refractivity contribution in [2.45, 2.75) is 39.8 Å². The summed E-state index contributed by atoms with van der Waals surface area (Å²) < 4.78 is 15.4. The number of hydrogen-bond donors (Lipinski definition) is 1. The fourth-order valence-corrected chi connectivity index (χ4v) is 5.06. The minimum absolute atomic E-state index is 0.124. The van der Waals surface area contributed by atoms with Gasteiger partial charge < -0.3 is 24.3 Å². The number of aryl methyl sites for hydroxylation is 1. The van der Waals surface area contributed by atoms with E-state index in [1.54, 1.807) is 0 Å². The molecule has 1 N–H and O–H groups in total. The Morgan fingerprint density at radius 3 is 2.68 bits per heavy atom. The van der Waals surface area contributed by atoms with E-state index in [0.29, 0.717) is 32.9 Å². The largest absolute Gasteiger partial charge is 0.494 e. The molecule has 1 aliphatic heterocycles. The molecule has 0 radical (unpaired) electrons. The molecular weight excluding hydrogens is 478 g/mol. The molecule has 5 rings (SSSR count). The van der Waals surface area contributed by atoms with Gasteiger partial charge in [-0.15, -0.1) is 0 Å². The number of ether oxygens (including phenoxy) is 2. The molecule has 0 spiro atoms. The molecule has 0 unspecified atom stereocenters. The molecule has 38 heavy (non-hydrogen) atoms. The minimum atomic E-state index is -0.326. The fourth-order valence-electron chi connectivity index (χ4n) is 5.06. The van der Waals surface area contributed by atoms with Crippen LogP contribution >= 0.6 is 0 Å². The Morgan fingerprint density at radius 2 is 1.89 bits per heavy atom. The van der Waals surface area contributed by atoms with Crippen LogP contribution in [0.4, 0.5) is 4.79 Å². The third-order valence-corrected chi connectivity index (χ3v) is 6.78. The standard InChI is InChI=1S/C30H35N5O3/c1-4-37-19-11-17-31-30(36)34-21-26-22(3)32-35(24-13-7-6-8-14-24)29(26)33-18-10-16-27(33)28(34)23-12-9-15-25(20-23)38-5-2/h6-10,12-16,18,20,28H,4-5,11,17,19,21H2,1-3H3,(H,31,36)/t28-/m1/s1. The Kier molecular flexibility index (Phi) is 7.79. The molecule has 1 atom stereocenters. The first-order valence-corrected chi connectivity index (χ1v) is 13.3. The highest BCUT2D eigenvalue weighted by atomic mass is 16.5. The van der Waals surface area contributed by atoms with Gasteiger partial charge in [-0.2, -0.15) is 5.10 Å². The number of fused-ring (bicyclic) bond motifs is 3. The van der Waals surface area contributed by atoms with Crippen LogP contribution in [0.1, 0.15) is 48.8 Å². The summed E-state index contributed by atoms with van der Waals surface area (Å²) in [4.78, 5) is 15.7. The first-order chi connectivity index (χ1) is 18.6. The highest BCUT2D eigenvalue weighted by molar-refractivity contribution is 5.76. The molecule has 0 fully saturated rings. The van der Waals surface area contributed by atoms with Crippen molar-refractivity contribution < 1.29 is 14.3 Å². The van der Waals surface area contributed by atoms with Crippen LogP contribution in [0, 0.1) is 6.92 Å². The van der Waals surface area contributed by atoms with Gasteiger partial charge in [0, 0.05) is 31.5 Å². The van der Waals surface area contributed by atoms with Crippen molar-refractivity contribution in [1.29, 1.82) is 0 Å². The molecule has 0 aliphatic carbocycles. The number of nitrogens with zero attached hydrogens (tertiary/aromatic N) is 4. The fraction of sp³-hybridized carbons (Fsp3) is 0.333. The SMILES string of the molecule is CCOCCCNC(=O)N1Cc2c(C)nn(-c3ccccc3)c2-n2cccc2[C@H]1c1cccc(OCC)c1. The maximum atomic E-state index is 13.8. The maximum Gasteiger partial charge on any atom is 0.318 e. The Labute approximate surface area is 223 Å². The van der Waals surface area contributed by atoms with Crippen LogP contribution in [-0.2, 0) is 11.3 Å². The lowest BCUT2D eigenvalue weighted by Gasteiger charge is -2.31. The van der Waals surface area contributed by atoms with E-state index in [-0.39, 0.29) is 12.1 Å². The van der Waals surface area contributed by atoms with Crippen molar-refractivity contribution in [1.82, 2.24) is 24.6 Å². The van der Waals surface area contributed by atoms with Gasteiger partial charge in [0.1, 0.15) is 11.6 Å². The first kappa shape index (κ1) is 25.6. The molecular formula is C30H35N5O3. The summed E-state index contributed by atoms with van der Waals surface area (Å²) in [5.74, 6) is 1.74. The number of carbonyl (C=O) groups is 1. The lowest BCUT2D eigenvalue weighted by molar-refractivity contribution is 0.143. The molecule has 8 heteroatoms. The number of urea groups is 1. The normalized spacial score (nSPS) is 14.5. The summed E-state index contributed by atoms with van der Waals surface area (Å²) in [6.45, 7) is 8.77. The number of para-hydroxylation sites is 1. The Hall–Kier alpha value is -4.04. The summed E-state index contributed by atoms with van der Waals surface area (Å²) in [5, 5.41) is 8.04. The van der Waals surface area contributed by atoms with Gasteiger partial charge in [-0.05, 0) is 69.2 Å². The highest BCUT2D eigenvalue weighted by Crippen LogP contribution is 2.39. The summed E-state index contributed by atoms with van der Waals surface area (Å²) in [7, 11) is 0. The third kappa shape index (κ3) is 5.04. The monoisotopic (exact) mass is 513 g/mol. The number of carbonyl (C=O) groups excluding carboxylic acids is 1. The van der Waals surface area contributed by atoms with E-state index in [0.717, 1.165) is 46.2 Å². The van der Waals surface area contributed by atoms with E-state index in [4.69, 9.17) is 14.6 Å². The average Bonchev–Trinajstić information content (AvgIpc) is 3.49. The molecule has 2 aromatic carbocycles. The Bertz CT molecular complexity index is 1380. The van der Waals surface area contributed by atoms with E-state index >= 15 is 0 Å². The molecule has 3 heterocycles. The predicted octanol–water partition coefficient (Wildman–Crippen LogP) is 5.41. The van der Waals surface area contributed by atoms with Crippen molar-refractivity contribution in [2.75, 3.05) is 26.4 Å². The van der Waals surface area contributed by atoms with Crippen molar-refractivity contribution in [3.63, 3.8) is 0 Å². The van der Waals surface area contributed by atoms with Gasteiger partial charge in [0.2, 0.25) is 0 Å². The number of amides is 2. The second kappa shape index (κ2) is 11.6. The lowest BCUT2D eigenvalue weighted by Crippen LogP contribution is -2.42. The van der Waals surface area contributed by atoms with Gasteiger partial charge in [0.15, 0.2) is 0 Å². The van der Waals surface area contributed by atoms with E-state index < -0.39 is 0 Å². The lowest BCUT2D eigenvalue weighted by atomic mass is 10.0. The maximum absolute atomic E-state index is 13.8. The molecule has 8 nitrogen and oxygen atoms in total. The summed E-state index contributed by atoms with van der Waals surface area (Å²) >= 11 is 0. The van der Waals surface area contributed by atoms with E-state index in [9.17, 15) is 4.79 Å². The second-order valence-corrected chi connectivity index (χ2v) is 9.26. The smallest absolute Gasteiger partial charge is 0.318 e. The Morgan fingerprint density at radius 1 is 1.05 bits per heavy atom. The predicted molar refractivity (Wildman–Crippen MR) is 147 cm³/mol. The van der Waals surface area contributed by atoms with Crippen molar-refractivity contribution in [3.8, 4) is 17.3 Å². The van der Waals surface area contributed by atoms with Gasteiger partial charge in [-0.25, -0.2) is 9.48 Å². The zero-order chi connectivity index (χ0) is 26.5. The summed E-state index contributed by atoms with van der Waals surface area (Å²) in [5.41, 5.74) is 4.85. The van der Waals surface area contributed by atoms with Gasteiger partial charge in [0.05, 0.1) is 36.3 Å². The molecule has 4 aromatic rings. The number of aromatic nitrogens is 3. The summed E-state index contributed by atoms with van der Waals surface area (Å²) in [6.07, 6.45) is 2.81. The molecule has 2 amide bonds. The van der Waals surface area contributed by atoms with Crippen LogP contribution in [0.2, 0.25) is 0 Å². The van der Waals surface area contributed by atoms with Gasteiger partial charge in [-0.3, -0.25) is 0 Å². The van der Waals surface area contributed by atoms with E-state index in [2.05, 4.69) is 28.2 Å². The molecule has 1 aliphatic rings.